The van der Waals surface area contributed by atoms with Gasteiger partial charge in [-0.3, -0.25) is 9.59 Å². The van der Waals surface area contributed by atoms with Crippen LogP contribution in [0.1, 0.15) is 30.6 Å². The maximum absolute atomic E-state index is 11.5. The number of hydrogen-bond acceptors (Lipinski definition) is 4. The lowest BCUT2D eigenvalue weighted by atomic mass is 10.1. The van der Waals surface area contributed by atoms with Crippen molar-refractivity contribution >= 4 is 23.2 Å². The Labute approximate surface area is 118 Å². The maximum Gasteiger partial charge on any atom is 0.248 e. The molecule has 20 heavy (non-hydrogen) atoms. The summed E-state index contributed by atoms with van der Waals surface area (Å²) in [6.45, 7) is 5.18. The van der Waals surface area contributed by atoms with Crippen molar-refractivity contribution in [3.8, 4) is 0 Å². The first-order valence-electron chi connectivity index (χ1n) is 6.60. The van der Waals surface area contributed by atoms with Crippen LogP contribution in [0.5, 0.6) is 0 Å². The number of rotatable bonds is 7. The minimum absolute atomic E-state index is 0.0178. The quantitative estimate of drug-likeness (QED) is 0.556. The number of carbonyl (C=O) groups excluding carboxylic acids is 2. The van der Waals surface area contributed by atoms with Gasteiger partial charge in [-0.15, -0.1) is 0 Å². The molecule has 0 radical (unpaired) electrons. The molecule has 1 aromatic carbocycles. The number of nitrogens with two attached hydrogens (primary N) is 2. The van der Waals surface area contributed by atoms with Gasteiger partial charge in [0.05, 0.1) is 11.4 Å². The number of amides is 2. The highest BCUT2D eigenvalue weighted by atomic mass is 16.1. The van der Waals surface area contributed by atoms with E-state index in [0.29, 0.717) is 42.4 Å². The van der Waals surface area contributed by atoms with Crippen molar-refractivity contribution in [2.75, 3.05) is 24.1 Å². The number of anilines is 2. The van der Waals surface area contributed by atoms with E-state index < -0.39 is 5.91 Å². The van der Waals surface area contributed by atoms with Gasteiger partial charge in [0.25, 0.3) is 0 Å². The van der Waals surface area contributed by atoms with E-state index in [-0.39, 0.29) is 5.91 Å². The molecule has 0 atom stereocenters. The van der Waals surface area contributed by atoms with Crippen LogP contribution < -0.4 is 22.1 Å². The van der Waals surface area contributed by atoms with Crippen LogP contribution in [-0.4, -0.2) is 24.9 Å². The molecule has 6 N–H and O–H groups in total. The molecule has 2 amide bonds. The fourth-order valence-electron chi connectivity index (χ4n) is 1.58. The lowest BCUT2D eigenvalue weighted by molar-refractivity contribution is -0.120. The van der Waals surface area contributed by atoms with Crippen molar-refractivity contribution in [2.45, 2.75) is 20.3 Å². The van der Waals surface area contributed by atoms with Gasteiger partial charge < -0.3 is 22.1 Å². The van der Waals surface area contributed by atoms with Crippen LogP contribution in [-0.2, 0) is 4.79 Å². The second-order valence-corrected chi connectivity index (χ2v) is 5.04. The highest BCUT2D eigenvalue weighted by Crippen LogP contribution is 2.19. The predicted octanol–water partition coefficient (Wildman–Crippen LogP) is 0.942. The van der Waals surface area contributed by atoms with E-state index in [1.54, 1.807) is 18.2 Å². The van der Waals surface area contributed by atoms with Crippen molar-refractivity contribution in [1.29, 1.82) is 0 Å². The van der Waals surface area contributed by atoms with Crippen molar-refractivity contribution in [1.82, 2.24) is 5.32 Å². The van der Waals surface area contributed by atoms with Crippen molar-refractivity contribution in [3.63, 3.8) is 0 Å². The summed E-state index contributed by atoms with van der Waals surface area (Å²) in [7, 11) is 0. The first kappa shape index (κ1) is 15.8. The highest BCUT2D eigenvalue weighted by molar-refractivity contribution is 5.95. The maximum atomic E-state index is 11.5. The van der Waals surface area contributed by atoms with Gasteiger partial charge in [0, 0.05) is 25.1 Å². The van der Waals surface area contributed by atoms with Crippen LogP contribution in [0.3, 0.4) is 0 Å². The van der Waals surface area contributed by atoms with Gasteiger partial charge in [-0.25, -0.2) is 0 Å². The average Bonchev–Trinajstić information content (AvgIpc) is 2.38. The van der Waals surface area contributed by atoms with E-state index >= 15 is 0 Å². The third-order valence-corrected chi connectivity index (χ3v) is 2.71. The Hall–Kier alpha value is -2.24. The summed E-state index contributed by atoms with van der Waals surface area (Å²) < 4.78 is 0. The Morgan fingerprint density at radius 3 is 2.60 bits per heavy atom. The monoisotopic (exact) mass is 278 g/mol. The second-order valence-electron chi connectivity index (χ2n) is 5.04. The van der Waals surface area contributed by atoms with E-state index in [4.69, 9.17) is 11.5 Å². The van der Waals surface area contributed by atoms with Crippen LogP contribution in [0, 0.1) is 5.92 Å². The topological polar surface area (TPSA) is 110 Å². The molecule has 1 aromatic rings. The van der Waals surface area contributed by atoms with Gasteiger partial charge in [0.2, 0.25) is 11.8 Å². The molecule has 1 rings (SSSR count). The number of nitrogens with one attached hydrogen (secondary N) is 2. The Balaban J connectivity index is 2.47. The summed E-state index contributed by atoms with van der Waals surface area (Å²) in [5, 5.41) is 5.86. The number of carbonyl (C=O) groups is 2. The SMILES string of the molecule is CC(C)CNC(=O)CCNc1cc(C(N)=O)ccc1N. The average molecular weight is 278 g/mol. The van der Waals surface area contributed by atoms with E-state index in [2.05, 4.69) is 10.6 Å². The van der Waals surface area contributed by atoms with Crippen LogP contribution >= 0.6 is 0 Å². The van der Waals surface area contributed by atoms with Gasteiger partial charge in [-0.05, 0) is 24.1 Å². The molecule has 0 saturated heterocycles. The molecule has 0 unspecified atom stereocenters. The Kier molecular flexibility index (Phi) is 5.83. The number of benzene rings is 1. The Bertz CT molecular complexity index is 486. The Morgan fingerprint density at radius 1 is 1.30 bits per heavy atom. The Morgan fingerprint density at radius 2 is 2.00 bits per heavy atom. The molecule has 6 heteroatoms. The molecule has 0 aromatic heterocycles. The first-order chi connectivity index (χ1) is 9.40. The smallest absolute Gasteiger partial charge is 0.248 e. The second kappa shape index (κ2) is 7.37. The highest BCUT2D eigenvalue weighted by Gasteiger charge is 2.06. The third kappa shape index (κ3) is 5.17. The van der Waals surface area contributed by atoms with Crippen LogP contribution in [0.25, 0.3) is 0 Å². The zero-order chi connectivity index (χ0) is 15.1. The number of primary amides is 1. The first-order valence-corrected chi connectivity index (χ1v) is 6.60. The molecule has 0 heterocycles. The molecule has 110 valence electrons. The van der Waals surface area contributed by atoms with Gasteiger partial charge >= 0.3 is 0 Å². The molecule has 0 bridgehead atoms. The molecule has 0 aliphatic rings. The van der Waals surface area contributed by atoms with Gasteiger partial charge in [-0.1, -0.05) is 13.8 Å². The fraction of sp³-hybridized carbons (Fsp3) is 0.429. The molecular weight excluding hydrogens is 256 g/mol. The van der Waals surface area contributed by atoms with Crippen LogP contribution in [0.4, 0.5) is 11.4 Å². The summed E-state index contributed by atoms with van der Waals surface area (Å²) in [4.78, 5) is 22.6. The lowest BCUT2D eigenvalue weighted by Gasteiger charge is -2.11. The minimum atomic E-state index is -0.511. The molecule has 0 fully saturated rings. The van der Waals surface area contributed by atoms with E-state index in [9.17, 15) is 9.59 Å². The van der Waals surface area contributed by atoms with Crippen LogP contribution in [0.15, 0.2) is 18.2 Å². The lowest BCUT2D eigenvalue weighted by Crippen LogP contribution is -2.28. The van der Waals surface area contributed by atoms with Gasteiger partial charge in [-0.2, -0.15) is 0 Å². The molecule has 0 saturated carbocycles. The fourth-order valence-corrected chi connectivity index (χ4v) is 1.58. The van der Waals surface area contributed by atoms with Crippen molar-refractivity contribution in [3.05, 3.63) is 23.8 Å². The minimum Gasteiger partial charge on any atom is -0.397 e. The summed E-state index contributed by atoms with van der Waals surface area (Å²) >= 11 is 0. The standard InChI is InChI=1S/C14H22N4O2/c1-9(2)8-18-13(19)5-6-17-12-7-10(14(16)20)3-4-11(12)15/h3-4,7,9,17H,5-6,8,15H2,1-2H3,(H2,16,20)(H,18,19). The van der Waals surface area contributed by atoms with Crippen molar-refractivity contribution in [2.24, 2.45) is 11.7 Å². The van der Waals surface area contributed by atoms with Gasteiger partial charge in [0.15, 0.2) is 0 Å². The largest absolute Gasteiger partial charge is 0.397 e. The summed E-state index contributed by atoms with van der Waals surface area (Å²) in [6, 6.07) is 4.77. The zero-order valence-electron chi connectivity index (χ0n) is 11.9. The molecule has 0 aliphatic carbocycles. The number of hydrogen-bond donors (Lipinski definition) is 4. The van der Waals surface area contributed by atoms with Gasteiger partial charge in [0.1, 0.15) is 0 Å². The van der Waals surface area contributed by atoms with E-state index in [1.165, 1.54) is 0 Å². The number of nitrogen functional groups attached to an aromatic ring is 1. The molecule has 0 aliphatic heterocycles. The summed E-state index contributed by atoms with van der Waals surface area (Å²) in [5.41, 5.74) is 12.5. The summed E-state index contributed by atoms with van der Waals surface area (Å²) in [6.07, 6.45) is 0.340. The summed E-state index contributed by atoms with van der Waals surface area (Å²) in [5.74, 6) is -0.103. The third-order valence-electron chi connectivity index (χ3n) is 2.71. The zero-order valence-corrected chi connectivity index (χ0v) is 11.9. The molecule has 0 spiro atoms. The molecular formula is C14H22N4O2. The predicted molar refractivity (Wildman–Crippen MR) is 80.3 cm³/mol. The van der Waals surface area contributed by atoms with E-state index in [0.717, 1.165) is 0 Å². The molecule has 6 nitrogen and oxygen atoms in total. The van der Waals surface area contributed by atoms with Crippen molar-refractivity contribution < 1.29 is 9.59 Å². The van der Waals surface area contributed by atoms with E-state index in [1.807, 2.05) is 13.8 Å². The van der Waals surface area contributed by atoms with Crippen LogP contribution in [0.2, 0.25) is 0 Å². The normalized spacial score (nSPS) is 10.3.